The van der Waals surface area contributed by atoms with Crippen LogP contribution in [0.5, 0.6) is 0 Å². The molecule has 0 radical (unpaired) electrons. The number of nitrogens with one attached hydrogen (secondary N) is 1. The largest absolute Gasteiger partial charge is 0.481 e. The summed E-state index contributed by atoms with van der Waals surface area (Å²) in [7, 11) is 0. The Morgan fingerprint density at radius 1 is 1.29 bits per heavy atom. The van der Waals surface area contributed by atoms with Gasteiger partial charge in [0.05, 0.1) is 12.0 Å². The average molecular weight is 328 g/mol. The molecule has 1 saturated carbocycles. The van der Waals surface area contributed by atoms with Gasteiger partial charge in [-0.25, -0.2) is 0 Å². The number of carboxylic acid groups (broad SMARTS) is 1. The number of hydrogen-bond acceptors (Lipinski definition) is 3. The van der Waals surface area contributed by atoms with Gasteiger partial charge in [0.1, 0.15) is 0 Å². The molecule has 1 aliphatic rings. The van der Waals surface area contributed by atoms with Gasteiger partial charge in [-0.15, -0.1) is 11.8 Å². The standard InChI is InChI=1S/C15H18ClNO3S/c16-11-2-4-12(5-3-11)21-9-6-13(18)17-15(7-1-8-15)10-14(19)20/h2-5H,1,6-10H2,(H,17,18)(H,19,20). The van der Waals surface area contributed by atoms with Crippen LogP contribution in [0, 0.1) is 0 Å². The third kappa shape index (κ3) is 4.93. The first-order valence-corrected chi connectivity index (χ1v) is 8.27. The summed E-state index contributed by atoms with van der Waals surface area (Å²) >= 11 is 7.40. The third-order valence-electron chi connectivity index (χ3n) is 3.62. The maximum Gasteiger partial charge on any atom is 0.305 e. The highest BCUT2D eigenvalue weighted by atomic mass is 35.5. The summed E-state index contributed by atoms with van der Waals surface area (Å²) in [5.74, 6) is -0.265. The van der Waals surface area contributed by atoms with Crippen LogP contribution in [0.4, 0.5) is 0 Å². The van der Waals surface area contributed by atoms with Gasteiger partial charge in [0.15, 0.2) is 0 Å². The molecule has 1 fully saturated rings. The third-order valence-corrected chi connectivity index (χ3v) is 4.88. The van der Waals surface area contributed by atoms with E-state index >= 15 is 0 Å². The van der Waals surface area contributed by atoms with Gasteiger partial charge in [0.25, 0.3) is 0 Å². The Hall–Kier alpha value is -1.20. The molecule has 0 aliphatic heterocycles. The van der Waals surface area contributed by atoms with Crippen molar-refractivity contribution in [1.82, 2.24) is 5.32 Å². The number of halogens is 1. The molecule has 114 valence electrons. The van der Waals surface area contributed by atoms with Crippen LogP contribution in [0.25, 0.3) is 0 Å². The van der Waals surface area contributed by atoms with E-state index in [1.807, 2.05) is 24.3 Å². The summed E-state index contributed by atoms with van der Waals surface area (Å²) in [6.45, 7) is 0. The van der Waals surface area contributed by atoms with Gasteiger partial charge in [-0.2, -0.15) is 0 Å². The van der Waals surface area contributed by atoms with E-state index in [4.69, 9.17) is 16.7 Å². The zero-order chi connectivity index (χ0) is 15.3. The SMILES string of the molecule is O=C(O)CC1(NC(=O)CCSc2ccc(Cl)cc2)CCC1. The van der Waals surface area contributed by atoms with E-state index in [2.05, 4.69) is 5.32 Å². The summed E-state index contributed by atoms with van der Waals surface area (Å²) in [6.07, 6.45) is 2.90. The lowest BCUT2D eigenvalue weighted by molar-refractivity contribution is -0.140. The molecular formula is C15H18ClNO3S. The van der Waals surface area contributed by atoms with Crippen LogP contribution >= 0.6 is 23.4 Å². The molecule has 0 heterocycles. The molecule has 2 N–H and O–H groups in total. The first-order chi connectivity index (χ1) is 9.99. The lowest BCUT2D eigenvalue weighted by Gasteiger charge is -2.41. The second kappa shape index (κ2) is 7.18. The van der Waals surface area contributed by atoms with Crippen molar-refractivity contribution in [1.29, 1.82) is 0 Å². The van der Waals surface area contributed by atoms with Gasteiger partial charge in [-0.3, -0.25) is 9.59 Å². The minimum Gasteiger partial charge on any atom is -0.481 e. The molecular weight excluding hydrogens is 310 g/mol. The Kier molecular flexibility index (Phi) is 5.53. The average Bonchev–Trinajstić information content (AvgIpc) is 2.38. The first-order valence-electron chi connectivity index (χ1n) is 6.90. The van der Waals surface area contributed by atoms with Crippen molar-refractivity contribution in [2.75, 3.05) is 5.75 Å². The Bertz CT molecular complexity index is 514. The number of carbonyl (C=O) groups is 2. The molecule has 0 atom stereocenters. The minimum atomic E-state index is -0.856. The quantitative estimate of drug-likeness (QED) is 0.754. The predicted octanol–water partition coefficient (Wildman–Crippen LogP) is 3.34. The fraction of sp³-hybridized carbons (Fsp3) is 0.467. The van der Waals surface area contributed by atoms with Gasteiger partial charge in [0.2, 0.25) is 5.91 Å². The molecule has 6 heteroatoms. The zero-order valence-corrected chi connectivity index (χ0v) is 13.2. The van der Waals surface area contributed by atoms with Crippen molar-refractivity contribution in [3.05, 3.63) is 29.3 Å². The van der Waals surface area contributed by atoms with E-state index in [0.29, 0.717) is 17.2 Å². The second-order valence-corrected chi connectivity index (χ2v) is 6.91. The molecule has 0 spiro atoms. The van der Waals surface area contributed by atoms with E-state index in [-0.39, 0.29) is 12.3 Å². The molecule has 0 bridgehead atoms. The number of hydrogen-bond donors (Lipinski definition) is 2. The fourth-order valence-electron chi connectivity index (χ4n) is 2.39. The highest BCUT2D eigenvalue weighted by Crippen LogP contribution is 2.35. The van der Waals surface area contributed by atoms with E-state index in [1.165, 1.54) is 0 Å². The van der Waals surface area contributed by atoms with E-state index in [0.717, 1.165) is 24.2 Å². The molecule has 2 rings (SSSR count). The molecule has 1 aromatic carbocycles. The summed E-state index contributed by atoms with van der Waals surface area (Å²) in [5.41, 5.74) is -0.506. The van der Waals surface area contributed by atoms with E-state index in [1.54, 1.807) is 11.8 Å². The molecule has 1 aliphatic carbocycles. The minimum absolute atomic E-state index is 0.0169. The van der Waals surface area contributed by atoms with Crippen LogP contribution in [0.2, 0.25) is 5.02 Å². The van der Waals surface area contributed by atoms with Crippen LogP contribution in [0.3, 0.4) is 0 Å². The van der Waals surface area contributed by atoms with Gasteiger partial charge in [-0.1, -0.05) is 11.6 Å². The van der Waals surface area contributed by atoms with Gasteiger partial charge < -0.3 is 10.4 Å². The second-order valence-electron chi connectivity index (χ2n) is 5.30. The number of amides is 1. The van der Waals surface area contributed by atoms with Crippen LogP contribution in [-0.4, -0.2) is 28.3 Å². The summed E-state index contributed by atoms with van der Waals surface area (Å²) in [4.78, 5) is 23.9. The highest BCUT2D eigenvalue weighted by Gasteiger charge is 2.40. The molecule has 21 heavy (non-hydrogen) atoms. The monoisotopic (exact) mass is 327 g/mol. The lowest BCUT2D eigenvalue weighted by Crippen LogP contribution is -2.54. The van der Waals surface area contributed by atoms with Gasteiger partial charge in [-0.05, 0) is 43.5 Å². The summed E-state index contributed by atoms with van der Waals surface area (Å²) < 4.78 is 0. The van der Waals surface area contributed by atoms with Crippen LogP contribution in [-0.2, 0) is 9.59 Å². The molecule has 1 amide bonds. The van der Waals surface area contributed by atoms with Crippen LogP contribution in [0.1, 0.15) is 32.1 Å². The summed E-state index contributed by atoms with van der Waals surface area (Å²) in [5, 5.41) is 12.5. The number of carbonyl (C=O) groups excluding carboxylic acids is 1. The van der Waals surface area contributed by atoms with Crippen molar-refractivity contribution in [2.45, 2.75) is 42.5 Å². The lowest BCUT2D eigenvalue weighted by atomic mass is 9.74. The molecule has 0 unspecified atom stereocenters. The number of carboxylic acids is 1. The number of rotatable bonds is 7. The van der Waals surface area contributed by atoms with E-state index < -0.39 is 11.5 Å². The highest BCUT2D eigenvalue weighted by molar-refractivity contribution is 7.99. The van der Waals surface area contributed by atoms with Crippen molar-refractivity contribution >= 4 is 35.2 Å². The number of benzene rings is 1. The van der Waals surface area contributed by atoms with Gasteiger partial charge >= 0.3 is 5.97 Å². The van der Waals surface area contributed by atoms with Crippen molar-refractivity contribution < 1.29 is 14.7 Å². The smallest absolute Gasteiger partial charge is 0.305 e. The normalized spacial score (nSPS) is 16.0. The van der Waals surface area contributed by atoms with Crippen molar-refractivity contribution in [2.24, 2.45) is 0 Å². The fourth-order valence-corrected chi connectivity index (χ4v) is 3.37. The number of thioether (sulfide) groups is 1. The van der Waals surface area contributed by atoms with Crippen molar-refractivity contribution in [3.8, 4) is 0 Å². The first kappa shape index (κ1) is 16.2. The van der Waals surface area contributed by atoms with Crippen LogP contribution < -0.4 is 5.32 Å². The van der Waals surface area contributed by atoms with E-state index in [9.17, 15) is 9.59 Å². The van der Waals surface area contributed by atoms with Crippen LogP contribution in [0.15, 0.2) is 29.2 Å². The predicted molar refractivity (Wildman–Crippen MR) is 83.8 cm³/mol. The summed E-state index contributed by atoms with van der Waals surface area (Å²) in [6, 6.07) is 7.48. The Balaban J connectivity index is 1.74. The Labute approximate surface area is 133 Å². The molecule has 0 aromatic heterocycles. The topological polar surface area (TPSA) is 66.4 Å². The maximum atomic E-state index is 11.9. The number of aliphatic carboxylic acids is 1. The maximum absolute atomic E-state index is 11.9. The Morgan fingerprint density at radius 3 is 2.48 bits per heavy atom. The molecule has 1 aromatic rings. The van der Waals surface area contributed by atoms with Gasteiger partial charge in [0, 0.05) is 22.1 Å². The molecule has 0 saturated heterocycles. The Morgan fingerprint density at radius 2 is 1.95 bits per heavy atom. The zero-order valence-electron chi connectivity index (χ0n) is 11.6. The van der Waals surface area contributed by atoms with Crippen molar-refractivity contribution in [3.63, 3.8) is 0 Å². The molecule has 4 nitrogen and oxygen atoms in total.